The molecule has 0 unspecified atom stereocenters. The summed E-state index contributed by atoms with van der Waals surface area (Å²) < 4.78 is 11.4. The molecule has 3 rings (SSSR count). The molecule has 1 aliphatic heterocycles. The van der Waals surface area contributed by atoms with E-state index in [1.54, 1.807) is 0 Å². The average molecular weight is 323 g/mol. The standard InChI is InChI=1S/C21H25NO2/c22-14-5-1-2-7-18-11-10-17-8-3-4-9-19(17)20(18)12-13-21-23-15-6-16-24-21/h3-4,8-11,21H,1-2,5-7,12-13,15-16H2. The largest absolute Gasteiger partial charge is 0.353 e. The average Bonchev–Trinajstić information content (AvgIpc) is 2.64. The Morgan fingerprint density at radius 3 is 2.67 bits per heavy atom. The highest BCUT2D eigenvalue weighted by Crippen LogP contribution is 2.26. The van der Waals surface area contributed by atoms with Gasteiger partial charge < -0.3 is 9.47 Å². The minimum absolute atomic E-state index is 0.0656. The molecule has 3 heteroatoms. The Labute approximate surface area is 144 Å². The second-order valence-electron chi connectivity index (χ2n) is 6.35. The molecular weight excluding hydrogens is 298 g/mol. The molecule has 1 saturated heterocycles. The first-order valence-electron chi connectivity index (χ1n) is 8.98. The summed E-state index contributed by atoms with van der Waals surface area (Å²) in [6, 6.07) is 15.3. The molecule has 1 fully saturated rings. The lowest BCUT2D eigenvalue weighted by molar-refractivity contribution is -0.180. The summed E-state index contributed by atoms with van der Waals surface area (Å²) in [7, 11) is 0. The first-order valence-corrected chi connectivity index (χ1v) is 8.98. The van der Waals surface area contributed by atoms with Crippen molar-refractivity contribution in [1.82, 2.24) is 0 Å². The van der Waals surface area contributed by atoms with E-state index < -0.39 is 0 Å². The van der Waals surface area contributed by atoms with Gasteiger partial charge in [0.25, 0.3) is 0 Å². The minimum atomic E-state index is -0.0656. The summed E-state index contributed by atoms with van der Waals surface area (Å²) in [6.07, 6.45) is 6.52. The number of hydrogen-bond donors (Lipinski definition) is 0. The summed E-state index contributed by atoms with van der Waals surface area (Å²) in [4.78, 5) is 0. The molecule has 0 aliphatic carbocycles. The molecule has 0 spiro atoms. The van der Waals surface area contributed by atoms with Crippen molar-refractivity contribution in [3.05, 3.63) is 47.5 Å². The molecule has 0 N–H and O–H groups in total. The van der Waals surface area contributed by atoms with Crippen LogP contribution in [0.5, 0.6) is 0 Å². The lowest BCUT2D eigenvalue weighted by atomic mass is 9.92. The Kier molecular flexibility index (Phi) is 6.23. The van der Waals surface area contributed by atoms with Crippen molar-refractivity contribution in [1.29, 1.82) is 5.26 Å². The van der Waals surface area contributed by atoms with E-state index in [0.29, 0.717) is 6.42 Å². The van der Waals surface area contributed by atoms with Crippen molar-refractivity contribution >= 4 is 10.8 Å². The highest BCUT2D eigenvalue weighted by molar-refractivity contribution is 5.86. The molecule has 0 radical (unpaired) electrons. The highest BCUT2D eigenvalue weighted by atomic mass is 16.7. The van der Waals surface area contributed by atoms with E-state index in [1.165, 1.54) is 21.9 Å². The molecule has 1 heterocycles. The first kappa shape index (κ1) is 17.0. The van der Waals surface area contributed by atoms with Crippen LogP contribution >= 0.6 is 0 Å². The van der Waals surface area contributed by atoms with Crippen molar-refractivity contribution < 1.29 is 9.47 Å². The van der Waals surface area contributed by atoms with Gasteiger partial charge in [-0.3, -0.25) is 0 Å². The molecular formula is C21H25NO2. The van der Waals surface area contributed by atoms with Gasteiger partial charge >= 0.3 is 0 Å². The number of nitrogens with zero attached hydrogens (tertiary/aromatic N) is 1. The molecule has 0 bridgehead atoms. The predicted octanol–water partition coefficient (Wildman–Crippen LogP) is 4.77. The number of ether oxygens (including phenoxy) is 2. The predicted molar refractivity (Wildman–Crippen MR) is 95.7 cm³/mol. The van der Waals surface area contributed by atoms with Gasteiger partial charge in [-0.05, 0) is 54.0 Å². The fourth-order valence-electron chi connectivity index (χ4n) is 3.40. The zero-order chi connectivity index (χ0) is 16.6. The van der Waals surface area contributed by atoms with Crippen LogP contribution in [0.25, 0.3) is 10.8 Å². The summed E-state index contributed by atoms with van der Waals surface area (Å²) in [5, 5.41) is 11.3. The number of unbranched alkanes of at least 4 members (excludes halogenated alkanes) is 2. The Bertz CT molecular complexity index is 699. The minimum Gasteiger partial charge on any atom is -0.353 e. The Hall–Kier alpha value is -1.89. The third-order valence-electron chi connectivity index (χ3n) is 4.65. The van der Waals surface area contributed by atoms with Crippen LogP contribution in [0.2, 0.25) is 0 Å². The molecule has 1 aliphatic rings. The number of fused-ring (bicyclic) bond motifs is 1. The highest BCUT2D eigenvalue weighted by Gasteiger charge is 2.16. The Balaban J connectivity index is 1.76. The number of nitriles is 1. The number of aryl methyl sites for hydroxylation is 2. The van der Waals surface area contributed by atoms with Crippen LogP contribution < -0.4 is 0 Å². The molecule has 0 amide bonds. The smallest absolute Gasteiger partial charge is 0.157 e. The third-order valence-corrected chi connectivity index (χ3v) is 4.65. The maximum Gasteiger partial charge on any atom is 0.157 e. The van der Waals surface area contributed by atoms with E-state index in [0.717, 1.165) is 51.7 Å². The quantitative estimate of drug-likeness (QED) is 0.689. The maximum atomic E-state index is 8.71. The van der Waals surface area contributed by atoms with Gasteiger partial charge in [0.1, 0.15) is 0 Å². The zero-order valence-electron chi connectivity index (χ0n) is 14.2. The van der Waals surface area contributed by atoms with Crippen LogP contribution in [0, 0.1) is 11.3 Å². The van der Waals surface area contributed by atoms with Crippen molar-refractivity contribution in [3.8, 4) is 6.07 Å². The molecule has 126 valence electrons. The zero-order valence-corrected chi connectivity index (χ0v) is 14.2. The van der Waals surface area contributed by atoms with Crippen molar-refractivity contribution in [3.63, 3.8) is 0 Å². The monoisotopic (exact) mass is 323 g/mol. The van der Waals surface area contributed by atoms with Crippen molar-refractivity contribution in [2.45, 2.75) is 51.2 Å². The summed E-state index contributed by atoms with van der Waals surface area (Å²) in [5.74, 6) is 0. The summed E-state index contributed by atoms with van der Waals surface area (Å²) >= 11 is 0. The van der Waals surface area contributed by atoms with Crippen LogP contribution in [0.3, 0.4) is 0 Å². The van der Waals surface area contributed by atoms with Gasteiger partial charge in [0.05, 0.1) is 19.3 Å². The normalized spacial score (nSPS) is 15.5. The third kappa shape index (κ3) is 4.35. The van der Waals surface area contributed by atoms with Gasteiger partial charge in [0.2, 0.25) is 0 Å². The summed E-state index contributed by atoms with van der Waals surface area (Å²) in [5.41, 5.74) is 2.82. The van der Waals surface area contributed by atoms with E-state index in [-0.39, 0.29) is 6.29 Å². The molecule has 24 heavy (non-hydrogen) atoms. The topological polar surface area (TPSA) is 42.2 Å². The van der Waals surface area contributed by atoms with Gasteiger partial charge in [0, 0.05) is 12.8 Å². The number of benzene rings is 2. The van der Waals surface area contributed by atoms with Crippen LogP contribution in [0.1, 0.15) is 43.2 Å². The van der Waals surface area contributed by atoms with E-state index in [4.69, 9.17) is 14.7 Å². The van der Waals surface area contributed by atoms with Crippen molar-refractivity contribution in [2.24, 2.45) is 0 Å². The van der Waals surface area contributed by atoms with Gasteiger partial charge in [-0.2, -0.15) is 5.26 Å². The van der Waals surface area contributed by atoms with Gasteiger partial charge in [0.15, 0.2) is 6.29 Å². The second kappa shape index (κ2) is 8.82. The molecule has 3 nitrogen and oxygen atoms in total. The van der Waals surface area contributed by atoms with Gasteiger partial charge in [-0.1, -0.05) is 36.4 Å². The van der Waals surface area contributed by atoms with Crippen LogP contribution in [-0.4, -0.2) is 19.5 Å². The first-order chi connectivity index (χ1) is 11.9. The fraction of sp³-hybridized carbons (Fsp3) is 0.476. The number of rotatable bonds is 7. The van der Waals surface area contributed by atoms with Crippen molar-refractivity contribution in [2.75, 3.05) is 13.2 Å². The fourth-order valence-corrected chi connectivity index (χ4v) is 3.40. The lowest BCUT2D eigenvalue weighted by Crippen LogP contribution is -2.25. The lowest BCUT2D eigenvalue weighted by Gasteiger charge is -2.24. The van der Waals surface area contributed by atoms with E-state index in [2.05, 4.69) is 42.5 Å². The molecule has 0 atom stereocenters. The van der Waals surface area contributed by atoms with Gasteiger partial charge in [-0.25, -0.2) is 0 Å². The second-order valence-corrected chi connectivity index (χ2v) is 6.35. The Morgan fingerprint density at radius 1 is 1.00 bits per heavy atom. The van der Waals surface area contributed by atoms with Crippen LogP contribution in [-0.2, 0) is 22.3 Å². The number of hydrogen-bond acceptors (Lipinski definition) is 3. The van der Waals surface area contributed by atoms with E-state index in [9.17, 15) is 0 Å². The van der Waals surface area contributed by atoms with E-state index >= 15 is 0 Å². The molecule has 0 aromatic heterocycles. The van der Waals surface area contributed by atoms with E-state index in [1.807, 2.05) is 0 Å². The SMILES string of the molecule is N#CCCCCc1ccc2ccccc2c1CCC1OCCCO1. The molecule has 2 aromatic carbocycles. The van der Waals surface area contributed by atoms with Gasteiger partial charge in [-0.15, -0.1) is 0 Å². The summed E-state index contributed by atoms with van der Waals surface area (Å²) in [6.45, 7) is 1.61. The van der Waals surface area contributed by atoms with Crippen LogP contribution in [0.4, 0.5) is 0 Å². The van der Waals surface area contributed by atoms with Crippen LogP contribution in [0.15, 0.2) is 36.4 Å². The Morgan fingerprint density at radius 2 is 1.83 bits per heavy atom. The maximum absolute atomic E-state index is 8.71. The molecule has 0 saturated carbocycles. The molecule has 2 aromatic rings.